The molecule has 1 N–H and O–H groups in total. The van der Waals surface area contributed by atoms with E-state index in [4.69, 9.17) is 9.47 Å². The van der Waals surface area contributed by atoms with Crippen LogP contribution in [-0.4, -0.2) is 29.5 Å². The average Bonchev–Trinajstić information content (AvgIpc) is 3.17. The first-order chi connectivity index (χ1) is 13.2. The summed E-state index contributed by atoms with van der Waals surface area (Å²) in [6, 6.07) is 8.40. The van der Waals surface area contributed by atoms with Crippen molar-refractivity contribution < 1.29 is 23.9 Å². The molecule has 1 atom stereocenters. The minimum atomic E-state index is -0.913. The third-order valence-electron chi connectivity index (χ3n) is 4.69. The van der Waals surface area contributed by atoms with Crippen molar-refractivity contribution in [1.82, 2.24) is 5.32 Å². The molecule has 0 radical (unpaired) electrons. The number of alkyl carbamates (subject to hydrolysis) is 1. The first kappa shape index (κ1) is 21.9. The highest BCUT2D eigenvalue weighted by atomic mass is 16.6. The largest absolute Gasteiger partial charge is 0.459 e. The summed E-state index contributed by atoms with van der Waals surface area (Å²) >= 11 is 0. The predicted molar refractivity (Wildman–Crippen MR) is 106 cm³/mol. The van der Waals surface area contributed by atoms with Crippen LogP contribution in [0.4, 0.5) is 4.79 Å². The van der Waals surface area contributed by atoms with Gasteiger partial charge in [-0.15, -0.1) is 0 Å². The zero-order chi connectivity index (χ0) is 20.6. The van der Waals surface area contributed by atoms with Crippen molar-refractivity contribution in [2.24, 2.45) is 5.92 Å². The average molecular weight is 389 g/mol. The molecular formula is C22H31NO5. The van der Waals surface area contributed by atoms with Gasteiger partial charge >= 0.3 is 12.1 Å². The molecule has 6 heteroatoms. The number of nitrogens with one attached hydrogen (secondary N) is 1. The Balaban J connectivity index is 1.94. The van der Waals surface area contributed by atoms with Crippen molar-refractivity contribution in [2.75, 3.05) is 0 Å². The minimum Gasteiger partial charge on any atom is -0.459 e. The van der Waals surface area contributed by atoms with Gasteiger partial charge in [-0.2, -0.15) is 0 Å². The molecule has 1 aromatic carbocycles. The van der Waals surface area contributed by atoms with Gasteiger partial charge in [0.2, 0.25) is 0 Å². The van der Waals surface area contributed by atoms with Crippen LogP contribution < -0.4 is 5.32 Å². The Morgan fingerprint density at radius 3 is 2.36 bits per heavy atom. The van der Waals surface area contributed by atoms with Gasteiger partial charge in [-0.3, -0.25) is 4.79 Å². The van der Waals surface area contributed by atoms with Crippen LogP contribution in [0, 0.1) is 5.92 Å². The van der Waals surface area contributed by atoms with E-state index in [2.05, 4.69) is 5.32 Å². The van der Waals surface area contributed by atoms with Gasteiger partial charge in [0.05, 0.1) is 0 Å². The Hall–Kier alpha value is -2.37. The summed E-state index contributed by atoms with van der Waals surface area (Å²) in [5, 5.41) is 2.57. The molecule has 0 unspecified atom stereocenters. The molecule has 1 aliphatic rings. The SMILES string of the molecule is CC(C)(C)OC(=O)N[C@@H](CCC(=O)C1CCCC1)C(=O)OCc1ccccc1. The fraction of sp³-hybridized carbons (Fsp3) is 0.591. The summed E-state index contributed by atoms with van der Waals surface area (Å²) in [7, 11) is 0. The molecule has 6 nitrogen and oxygen atoms in total. The van der Waals surface area contributed by atoms with Crippen LogP contribution in [0.15, 0.2) is 30.3 Å². The van der Waals surface area contributed by atoms with Gasteiger partial charge in [0.1, 0.15) is 24.0 Å². The Morgan fingerprint density at radius 2 is 1.75 bits per heavy atom. The van der Waals surface area contributed by atoms with E-state index in [0.29, 0.717) is 0 Å². The number of hydrogen-bond donors (Lipinski definition) is 1. The predicted octanol–water partition coefficient (Wildman–Crippen LogP) is 4.16. The Bertz CT molecular complexity index is 659. The number of benzene rings is 1. The van der Waals surface area contributed by atoms with Gasteiger partial charge in [0.25, 0.3) is 0 Å². The van der Waals surface area contributed by atoms with Crippen molar-refractivity contribution in [3.8, 4) is 0 Å². The van der Waals surface area contributed by atoms with Crippen molar-refractivity contribution in [1.29, 1.82) is 0 Å². The van der Waals surface area contributed by atoms with E-state index in [-0.39, 0.29) is 31.1 Å². The number of ether oxygens (including phenoxy) is 2. The number of amides is 1. The van der Waals surface area contributed by atoms with Gasteiger partial charge in [0.15, 0.2) is 0 Å². The van der Waals surface area contributed by atoms with Gasteiger partial charge < -0.3 is 14.8 Å². The highest BCUT2D eigenvalue weighted by Crippen LogP contribution is 2.27. The molecule has 0 heterocycles. The van der Waals surface area contributed by atoms with E-state index in [1.165, 1.54) is 0 Å². The van der Waals surface area contributed by atoms with Crippen LogP contribution >= 0.6 is 0 Å². The highest BCUT2D eigenvalue weighted by Gasteiger charge is 2.28. The van der Waals surface area contributed by atoms with Gasteiger partial charge in [-0.05, 0) is 45.6 Å². The maximum Gasteiger partial charge on any atom is 0.408 e. The summed E-state index contributed by atoms with van der Waals surface area (Å²) in [5.41, 5.74) is 0.177. The van der Waals surface area contributed by atoms with E-state index in [1.807, 2.05) is 30.3 Å². The van der Waals surface area contributed by atoms with Crippen molar-refractivity contribution in [2.45, 2.75) is 77.5 Å². The smallest absolute Gasteiger partial charge is 0.408 e. The van der Waals surface area contributed by atoms with Crippen LogP contribution in [0.1, 0.15) is 64.9 Å². The summed E-state index contributed by atoms with van der Waals surface area (Å²) in [6.07, 6.45) is 3.75. The Morgan fingerprint density at radius 1 is 1.11 bits per heavy atom. The third kappa shape index (κ3) is 7.71. The van der Waals surface area contributed by atoms with Crippen LogP contribution in [0.3, 0.4) is 0 Å². The summed E-state index contributed by atoms with van der Waals surface area (Å²) in [5.74, 6) is -0.319. The summed E-state index contributed by atoms with van der Waals surface area (Å²) < 4.78 is 10.6. The van der Waals surface area contributed by atoms with E-state index in [9.17, 15) is 14.4 Å². The number of carbonyl (C=O) groups excluding carboxylic acids is 3. The monoisotopic (exact) mass is 389 g/mol. The van der Waals surface area contributed by atoms with E-state index >= 15 is 0 Å². The molecule has 1 aromatic rings. The lowest BCUT2D eigenvalue weighted by molar-refractivity contribution is -0.147. The summed E-state index contributed by atoms with van der Waals surface area (Å²) in [6.45, 7) is 5.36. The molecule has 0 spiro atoms. The zero-order valence-corrected chi connectivity index (χ0v) is 17.0. The lowest BCUT2D eigenvalue weighted by Gasteiger charge is -2.23. The number of ketones is 1. The van der Waals surface area contributed by atoms with Crippen molar-refractivity contribution in [3.63, 3.8) is 0 Å². The Kier molecular flexibility index (Phi) is 8.03. The maximum absolute atomic E-state index is 12.5. The fourth-order valence-electron chi connectivity index (χ4n) is 3.27. The van der Waals surface area contributed by atoms with Crippen LogP contribution in [0.2, 0.25) is 0 Å². The minimum absolute atomic E-state index is 0.0857. The number of Topliss-reactive ketones (excluding diaryl/α,β-unsaturated/α-hetero) is 1. The maximum atomic E-state index is 12.5. The lowest BCUT2D eigenvalue weighted by atomic mass is 9.97. The second-order valence-electron chi connectivity index (χ2n) is 8.28. The first-order valence-electron chi connectivity index (χ1n) is 9.97. The van der Waals surface area contributed by atoms with Gasteiger partial charge in [-0.1, -0.05) is 43.2 Å². The van der Waals surface area contributed by atoms with E-state index in [0.717, 1.165) is 31.2 Å². The number of esters is 1. The summed E-state index contributed by atoms with van der Waals surface area (Å²) in [4.78, 5) is 37.0. The molecule has 0 aromatic heterocycles. The Labute approximate surface area is 167 Å². The molecule has 0 saturated heterocycles. The molecule has 1 saturated carbocycles. The molecule has 28 heavy (non-hydrogen) atoms. The second kappa shape index (κ2) is 10.2. The van der Waals surface area contributed by atoms with E-state index < -0.39 is 23.7 Å². The fourth-order valence-corrected chi connectivity index (χ4v) is 3.27. The highest BCUT2D eigenvalue weighted by molar-refractivity contribution is 5.84. The molecule has 2 rings (SSSR count). The van der Waals surface area contributed by atoms with Crippen molar-refractivity contribution in [3.05, 3.63) is 35.9 Å². The standard InChI is InChI=1S/C22H31NO5/c1-22(2,3)28-21(26)23-18(13-14-19(24)17-11-7-8-12-17)20(25)27-15-16-9-5-4-6-10-16/h4-6,9-10,17-18H,7-8,11-15H2,1-3H3,(H,23,26)/t18-/m0/s1. The molecular weight excluding hydrogens is 358 g/mol. The number of hydrogen-bond acceptors (Lipinski definition) is 5. The zero-order valence-electron chi connectivity index (χ0n) is 17.0. The quantitative estimate of drug-likeness (QED) is 0.675. The van der Waals surface area contributed by atoms with Crippen LogP contribution in [0.25, 0.3) is 0 Å². The van der Waals surface area contributed by atoms with E-state index in [1.54, 1.807) is 20.8 Å². The van der Waals surface area contributed by atoms with Crippen LogP contribution in [0.5, 0.6) is 0 Å². The molecule has 0 aliphatic heterocycles. The van der Waals surface area contributed by atoms with Gasteiger partial charge in [0, 0.05) is 12.3 Å². The van der Waals surface area contributed by atoms with Crippen LogP contribution in [-0.2, 0) is 25.7 Å². The van der Waals surface area contributed by atoms with Gasteiger partial charge in [-0.25, -0.2) is 9.59 Å². The molecule has 1 aliphatic carbocycles. The molecule has 154 valence electrons. The van der Waals surface area contributed by atoms with Crippen molar-refractivity contribution >= 4 is 17.8 Å². The normalized spacial score (nSPS) is 15.7. The second-order valence-corrected chi connectivity index (χ2v) is 8.28. The topological polar surface area (TPSA) is 81.7 Å². The lowest BCUT2D eigenvalue weighted by Crippen LogP contribution is -2.44. The number of carbonyl (C=O) groups is 3. The molecule has 0 bridgehead atoms. The molecule has 1 fully saturated rings. The number of rotatable bonds is 8. The first-order valence-corrected chi connectivity index (χ1v) is 9.97. The third-order valence-corrected chi connectivity index (χ3v) is 4.69. The molecule has 1 amide bonds.